The van der Waals surface area contributed by atoms with Gasteiger partial charge in [-0.1, -0.05) is 166 Å². The molecule has 0 bridgehead atoms. The minimum Gasteiger partial charge on any atom is -0.466 e. The number of aliphatic hydroxyl groups excluding tert-OH is 6. The molecule has 6 N–H and O–H groups in total. The third kappa shape index (κ3) is 16.9. The summed E-state index contributed by atoms with van der Waals surface area (Å²) in [5.74, 6) is 3.39. The summed E-state index contributed by atoms with van der Waals surface area (Å²) in [6, 6.07) is 2.09. The Bertz CT molecular complexity index is 3820. The summed E-state index contributed by atoms with van der Waals surface area (Å²) in [7, 11) is 2.73. The highest BCUT2D eigenvalue weighted by molar-refractivity contribution is 5.98. The number of epoxide rings is 1. The zero-order valence-corrected chi connectivity index (χ0v) is 76.5. The number of methoxy groups -OCH3 is 2. The number of nitrogens with zero attached hydrogens (tertiary/aromatic N) is 1. The zero-order valence-electron chi connectivity index (χ0n) is 76.5. The molecule has 1 saturated heterocycles. The fourth-order valence-electron chi connectivity index (χ4n) is 32.3. The molecule has 11 fully saturated rings. The van der Waals surface area contributed by atoms with Gasteiger partial charge in [0.15, 0.2) is 0 Å². The molecule has 23 atom stereocenters. The van der Waals surface area contributed by atoms with Gasteiger partial charge in [0.1, 0.15) is 30.9 Å². The molecule has 0 aromatic rings. The van der Waals surface area contributed by atoms with Crippen LogP contribution >= 0.6 is 0 Å². The van der Waals surface area contributed by atoms with Gasteiger partial charge in [-0.05, 0) is 297 Å². The van der Waals surface area contributed by atoms with Gasteiger partial charge in [0.25, 0.3) is 0 Å². The molecule has 15 aliphatic rings. The number of rotatable bonds is 12. The van der Waals surface area contributed by atoms with Crippen LogP contribution in [-0.2, 0) is 47.8 Å². The van der Waals surface area contributed by atoms with Gasteiger partial charge >= 0.3 is 11.9 Å². The van der Waals surface area contributed by atoms with Crippen molar-refractivity contribution in [1.82, 2.24) is 0 Å². The van der Waals surface area contributed by atoms with Crippen molar-refractivity contribution in [3.05, 3.63) is 58.2 Å². The molecule has 15 rings (SSSR count). The van der Waals surface area contributed by atoms with Gasteiger partial charge < -0.3 is 54.4 Å². The topological polar surface area (TPSA) is 296 Å². The predicted octanol–water partition coefficient (Wildman–Crippen LogP) is 18.7. The van der Waals surface area contributed by atoms with E-state index >= 15 is 0 Å². The summed E-state index contributed by atoms with van der Waals surface area (Å²) in [6.07, 6.45) is 44.7. The fraction of sp³-hybridized carbons (Fsp3) is 0.824. The van der Waals surface area contributed by atoms with Crippen LogP contribution in [0, 0.1) is 146 Å². The van der Waals surface area contributed by atoms with E-state index in [0.29, 0.717) is 100 Å². The Balaban J connectivity index is 0.000000146. The number of nitriles is 1. The first kappa shape index (κ1) is 94.9. The van der Waals surface area contributed by atoms with Crippen LogP contribution in [0.1, 0.15) is 329 Å². The first-order valence-corrected chi connectivity index (χ1v) is 46.7. The maximum Gasteiger partial charge on any atom is 0.334 e. The predicted molar refractivity (Wildman–Crippen MR) is 463 cm³/mol. The van der Waals surface area contributed by atoms with Crippen LogP contribution in [0.5, 0.6) is 0 Å². The average Bonchev–Trinajstić information content (AvgIpc) is 1.71. The van der Waals surface area contributed by atoms with Gasteiger partial charge in [0, 0.05) is 35.8 Å². The number of carbonyl (C=O) groups is 7. The quantitative estimate of drug-likeness (QED) is 0.0348. The van der Waals surface area contributed by atoms with Crippen molar-refractivity contribution in [3.8, 4) is 6.07 Å². The minimum absolute atomic E-state index is 0.00302. The highest BCUT2D eigenvalue weighted by Gasteiger charge is 2.69. The second kappa shape index (κ2) is 35.6. The van der Waals surface area contributed by atoms with Crippen molar-refractivity contribution in [2.75, 3.05) is 40.6 Å². The number of hydrogen-bond donors (Lipinski definition) is 6. The number of hydrogen-bond acceptors (Lipinski definition) is 17. The SMILES string of the molecule is CC1(C)CCC[C@@]2(C)C1CC[C@@]1(C=O)[C@@H](O)CC(C=O)=CC[C@@H]12.CC1(C)CCC[C@@]2(C)C1CC[C@@]1(C=O)[C@H](O)CC(C=O)=CC[C@@H]12.CC1(C)CCC[C@@]2(C)[C@H]1CC[C@@]1(CO)C(O)CC(CO)=CC[C@@H]12.COC(=O)/C(=C/C[C@H]1[C@@]2(CC[C@H]3C(C)(C)CCC[C@@]31C)CO2)CC#N.COC(=O)C1=CC[C@H]2[C@@](CO)(CC[C@H]3C(C)(C)CCC[C@@]32C)C(=O)C1. The Morgan fingerprint density at radius 3 is 1.29 bits per heavy atom. The number of Topliss-reactive ketones (excluding diaryl/α,β-unsaturated/α-hetero) is 1. The van der Waals surface area contributed by atoms with E-state index < -0.39 is 45.9 Å². The molecule has 0 aromatic heterocycles. The van der Waals surface area contributed by atoms with Crippen molar-refractivity contribution in [2.45, 2.75) is 352 Å². The van der Waals surface area contributed by atoms with E-state index in [-0.39, 0.29) is 111 Å². The van der Waals surface area contributed by atoms with Crippen LogP contribution in [0.3, 0.4) is 0 Å². The summed E-state index contributed by atoms with van der Waals surface area (Å²) in [6.45, 7) is 36.5. The lowest BCUT2D eigenvalue weighted by molar-refractivity contribution is -0.181. The molecule has 17 nitrogen and oxygen atoms in total. The molecule has 14 aliphatic carbocycles. The Hall–Kier alpha value is -4.80. The second-order valence-electron chi connectivity index (χ2n) is 46.0. The highest BCUT2D eigenvalue weighted by Crippen LogP contribution is 2.72. The Labute approximate surface area is 715 Å². The molecular weight excluding hydrogens is 1500 g/mol. The van der Waals surface area contributed by atoms with E-state index in [4.69, 9.17) is 19.5 Å². The number of ketones is 1. The molecule has 1 spiro atoms. The number of carbonyl (C=O) groups excluding carboxylic acids is 7. The van der Waals surface area contributed by atoms with Crippen LogP contribution < -0.4 is 0 Å². The molecule has 0 amide bonds. The van der Waals surface area contributed by atoms with Gasteiger partial charge in [-0.15, -0.1) is 0 Å². The molecule has 1 heterocycles. The van der Waals surface area contributed by atoms with Gasteiger partial charge in [0.2, 0.25) is 0 Å². The summed E-state index contributed by atoms with van der Waals surface area (Å²) < 4.78 is 15.7. The number of ether oxygens (including phenoxy) is 3. The van der Waals surface area contributed by atoms with Crippen LogP contribution in [0.4, 0.5) is 0 Å². The maximum absolute atomic E-state index is 13.2. The lowest BCUT2D eigenvalue weighted by Crippen LogP contribution is -2.59. The Morgan fingerprint density at radius 1 is 0.479 bits per heavy atom. The van der Waals surface area contributed by atoms with Crippen LogP contribution in [0.2, 0.25) is 0 Å². The smallest absolute Gasteiger partial charge is 0.334 e. The van der Waals surface area contributed by atoms with E-state index in [1.165, 1.54) is 97.7 Å². The number of esters is 2. The summed E-state index contributed by atoms with van der Waals surface area (Å²) in [4.78, 5) is 84.0. The van der Waals surface area contributed by atoms with Crippen molar-refractivity contribution in [2.24, 2.45) is 135 Å². The van der Waals surface area contributed by atoms with E-state index in [2.05, 4.69) is 116 Å². The summed E-state index contributed by atoms with van der Waals surface area (Å²) >= 11 is 0. The van der Waals surface area contributed by atoms with E-state index in [9.17, 15) is 64.2 Å². The third-order valence-corrected chi connectivity index (χ3v) is 38.4. The molecule has 0 radical (unpaired) electrons. The van der Waals surface area contributed by atoms with E-state index in [1.54, 1.807) is 0 Å². The lowest BCUT2D eigenvalue weighted by atomic mass is 9.42. The molecule has 1 aliphatic heterocycles. The average molecular weight is 1650 g/mol. The molecule has 0 aromatic carbocycles. The van der Waals surface area contributed by atoms with Crippen molar-refractivity contribution in [3.63, 3.8) is 0 Å². The Kier molecular flexibility index (Phi) is 28.3. The molecule has 17 heteroatoms. The number of aldehydes is 4. The largest absolute Gasteiger partial charge is 0.466 e. The molecular formula is C102H157NO16. The highest BCUT2D eigenvalue weighted by atomic mass is 16.6. The number of allylic oxidation sites excluding steroid dienone is 5. The van der Waals surface area contributed by atoms with Gasteiger partial charge in [-0.2, -0.15) is 5.26 Å². The van der Waals surface area contributed by atoms with Crippen molar-refractivity contribution < 1.29 is 78.4 Å². The lowest BCUT2D eigenvalue weighted by Gasteiger charge is -2.63. The van der Waals surface area contributed by atoms with Crippen molar-refractivity contribution >= 4 is 42.9 Å². The first-order chi connectivity index (χ1) is 55.9. The fourth-order valence-corrected chi connectivity index (χ4v) is 32.3. The van der Waals surface area contributed by atoms with Gasteiger partial charge in [-0.25, -0.2) is 9.59 Å². The second-order valence-corrected chi connectivity index (χ2v) is 46.0. The zero-order chi connectivity index (χ0) is 87.4. The summed E-state index contributed by atoms with van der Waals surface area (Å²) in [5.41, 5.74) is 2.86. The third-order valence-electron chi connectivity index (χ3n) is 38.4. The van der Waals surface area contributed by atoms with Gasteiger partial charge in [0.05, 0.1) is 93.3 Å². The van der Waals surface area contributed by atoms with Crippen LogP contribution in [-0.4, -0.2) is 138 Å². The van der Waals surface area contributed by atoms with Crippen LogP contribution in [0.15, 0.2) is 58.2 Å². The molecule has 119 heavy (non-hydrogen) atoms. The van der Waals surface area contributed by atoms with Crippen LogP contribution in [0.25, 0.3) is 0 Å². The molecule has 10 saturated carbocycles. The number of fused-ring (bicyclic) bond motifs is 13. The van der Waals surface area contributed by atoms with Gasteiger partial charge in [-0.3, -0.25) is 14.4 Å². The Morgan fingerprint density at radius 2 is 0.882 bits per heavy atom. The normalized spacial score (nSPS) is 43.5. The van der Waals surface area contributed by atoms with E-state index in [0.717, 1.165) is 140 Å². The number of aliphatic hydroxyl groups is 6. The maximum atomic E-state index is 13.2. The molecule has 666 valence electrons. The standard InChI is InChI=1S/C21H31NO3.C21H32O4.C20H34O3.2C20H30O3/c1-19(2)10-5-11-20(3)16(19)8-12-21(14-25-21)17(20)7-6-15(9-13-22)18(23)24-4;1-19(2)9-5-10-20(3)15(19)8-11-21(13-22)16(20)7-6-14(12-17(21)23)18(24)25-4;3*1-18(2)8-4-9-19(3)15(18)7-10-20(13-22)16(19)6-5-14(12-21)11-17(20)23/h6,16-17H,5,7-12,14H2,1-4H3;6,15-16,22H,5,7-13H2,1-4H3;5,15-17,21-23H,4,6-13H2,1-3H3;2*5,12-13,15-17,23H,4,6-11H2,1-3H3/b15-6+;;;;/t16-,17+,20-,21+;15-,16+,20-,21-;15-,16+,17?,19-,20-;15?,16-,17+,19+,20+;15?,16-,17-,19+,20+/m00011/s1. The van der Waals surface area contributed by atoms with E-state index in [1.807, 2.05) is 24.3 Å². The minimum atomic E-state index is -0.730. The first-order valence-electron chi connectivity index (χ1n) is 46.7. The summed E-state index contributed by atoms with van der Waals surface area (Å²) in [5, 5.41) is 71.9. The monoisotopic (exact) mass is 1650 g/mol. The molecule has 3 unspecified atom stereocenters. The van der Waals surface area contributed by atoms with Crippen molar-refractivity contribution in [1.29, 1.82) is 5.26 Å².